The van der Waals surface area contributed by atoms with Gasteiger partial charge in [-0.2, -0.15) is 0 Å². The third-order valence-corrected chi connectivity index (χ3v) is 2.58. The van der Waals surface area contributed by atoms with Gasteiger partial charge < -0.3 is 22.1 Å². The number of amides is 2. The van der Waals surface area contributed by atoms with E-state index >= 15 is 0 Å². The molecular weight excluding hydrogens is 290 g/mol. The van der Waals surface area contributed by atoms with Gasteiger partial charge in [-0.25, -0.2) is 8.78 Å². The van der Waals surface area contributed by atoms with Crippen molar-refractivity contribution in [2.75, 3.05) is 18.0 Å². The van der Waals surface area contributed by atoms with E-state index in [2.05, 4.69) is 12.2 Å². The Balaban J connectivity index is 3.26. The Morgan fingerprint density at radius 2 is 1.55 bits per heavy atom. The number of carbonyl (C=O) groups is 2. The average molecular weight is 302 g/mol. The van der Waals surface area contributed by atoms with Crippen LogP contribution in [0.3, 0.4) is 0 Å². The molecule has 6 N–H and O–H groups in total. The number of thiocarbonyl (C=S) groups is 1. The second-order valence-electron chi connectivity index (χ2n) is 3.91. The first-order valence-corrected chi connectivity index (χ1v) is 5.74. The van der Waals surface area contributed by atoms with Crippen molar-refractivity contribution in [2.24, 2.45) is 17.2 Å². The van der Waals surface area contributed by atoms with Gasteiger partial charge in [0, 0.05) is 5.56 Å². The predicted octanol–water partition coefficient (Wildman–Crippen LogP) is -0.624. The predicted molar refractivity (Wildman–Crippen MR) is 72.8 cm³/mol. The summed E-state index contributed by atoms with van der Waals surface area (Å²) >= 11 is 4.57. The van der Waals surface area contributed by atoms with Crippen LogP contribution in [0.4, 0.5) is 14.5 Å². The minimum absolute atomic E-state index is 0.278. The molecule has 0 aliphatic heterocycles. The van der Waals surface area contributed by atoms with E-state index < -0.39 is 36.5 Å². The monoisotopic (exact) mass is 302 g/mol. The molecule has 108 valence electrons. The van der Waals surface area contributed by atoms with Crippen molar-refractivity contribution >= 4 is 34.7 Å². The molecule has 0 saturated carbocycles. The zero-order chi connectivity index (χ0) is 15.4. The molecule has 0 saturated heterocycles. The van der Waals surface area contributed by atoms with E-state index in [0.717, 1.165) is 17.0 Å². The molecule has 0 aliphatic carbocycles. The van der Waals surface area contributed by atoms with Gasteiger partial charge in [0.1, 0.15) is 4.99 Å². The first-order chi connectivity index (χ1) is 9.23. The molecule has 1 aromatic rings. The van der Waals surface area contributed by atoms with Crippen molar-refractivity contribution in [1.29, 1.82) is 0 Å². The number of benzene rings is 1. The van der Waals surface area contributed by atoms with E-state index in [1.165, 1.54) is 0 Å². The molecule has 1 aromatic carbocycles. The molecule has 0 unspecified atom stereocenters. The van der Waals surface area contributed by atoms with E-state index in [9.17, 15) is 18.4 Å². The lowest BCUT2D eigenvalue weighted by Crippen LogP contribution is -2.40. The van der Waals surface area contributed by atoms with Crippen LogP contribution in [-0.2, 0) is 9.59 Å². The van der Waals surface area contributed by atoms with Gasteiger partial charge in [0.05, 0.1) is 18.8 Å². The molecule has 0 radical (unpaired) electrons. The van der Waals surface area contributed by atoms with Gasteiger partial charge in [-0.05, 0) is 12.1 Å². The Hall–Kier alpha value is -2.29. The van der Waals surface area contributed by atoms with Crippen LogP contribution in [0.15, 0.2) is 12.1 Å². The minimum Gasteiger partial charge on any atom is -0.389 e. The number of halogens is 2. The largest absolute Gasteiger partial charge is 0.389 e. The fourth-order valence-electron chi connectivity index (χ4n) is 1.58. The van der Waals surface area contributed by atoms with Crippen molar-refractivity contribution in [1.82, 2.24) is 0 Å². The van der Waals surface area contributed by atoms with Crippen molar-refractivity contribution in [3.8, 4) is 0 Å². The molecule has 0 spiro atoms. The Bertz CT molecular complexity index is 564. The Morgan fingerprint density at radius 3 is 1.95 bits per heavy atom. The summed E-state index contributed by atoms with van der Waals surface area (Å²) < 4.78 is 27.7. The standard InChI is InChI=1S/C11H12F2N4O2S/c12-9-5(11(16)20)1-2-6(10(9)13)17(3-7(14)18)4-8(15)19/h1-2H,3-4H2,(H2,14,18)(H2,15,19)(H2,16,20). The fourth-order valence-corrected chi connectivity index (χ4v) is 1.73. The zero-order valence-corrected chi connectivity index (χ0v) is 11.0. The van der Waals surface area contributed by atoms with E-state index in [4.69, 9.17) is 17.2 Å². The average Bonchev–Trinajstić information content (AvgIpc) is 2.30. The third kappa shape index (κ3) is 3.60. The summed E-state index contributed by atoms with van der Waals surface area (Å²) in [5.41, 5.74) is 14.6. The van der Waals surface area contributed by atoms with Crippen LogP contribution in [0.25, 0.3) is 0 Å². The minimum atomic E-state index is -1.29. The smallest absolute Gasteiger partial charge is 0.236 e. The molecule has 20 heavy (non-hydrogen) atoms. The lowest BCUT2D eigenvalue weighted by Gasteiger charge is -2.22. The lowest BCUT2D eigenvalue weighted by molar-refractivity contribution is -0.117. The maximum absolute atomic E-state index is 13.9. The highest BCUT2D eigenvalue weighted by molar-refractivity contribution is 7.80. The number of hydrogen-bond donors (Lipinski definition) is 3. The highest BCUT2D eigenvalue weighted by atomic mass is 32.1. The Morgan fingerprint density at radius 1 is 1.05 bits per heavy atom. The molecule has 1 rings (SSSR count). The summed E-state index contributed by atoms with van der Waals surface area (Å²) in [4.78, 5) is 22.4. The van der Waals surface area contributed by atoms with Crippen molar-refractivity contribution in [2.45, 2.75) is 0 Å². The second kappa shape index (κ2) is 6.24. The zero-order valence-electron chi connectivity index (χ0n) is 10.2. The number of nitrogens with zero attached hydrogens (tertiary/aromatic N) is 1. The highest BCUT2D eigenvalue weighted by Gasteiger charge is 2.21. The summed E-state index contributed by atoms with van der Waals surface area (Å²) in [5.74, 6) is -4.22. The summed E-state index contributed by atoms with van der Waals surface area (Å²) in [5, 5.41) is 0. The number of rotatable bonds is 6. The molecule has 0 fully saturated rings. The van der Waals surface area contributed by atoms with Gasteiger partial charge in [0.15, 0.2) is 11.6 Å². The van der Waals surface area contributed by atoms with Crippen LogP contribution in [0.5, 0.6) is 0 Å². The normalized spacial score (nSPS) is 10.1. The van der Waals surface area contributed by atoms with Crippen molar-refractivity contribution in [3.63, 3.8) is 0 Å². The molecule has 6 nitrogen and oxygen atoms in total. The van der Waals surface area contributed by atoms with E-state index in [-0.39, 0.29) is 16.2 Å². The van der Waals surface area contributed by atoms with Crippen molar-refractivity contribution in [3.05, 3.63) is 29.3 Å². The Kier molecular flexibility index (Phi) is 4.92. The summed E-state index contributed by atoms with van der Waals surface area (Å²) in [7, 11) is 0. The fraction of sp³-hybridized carbons (Fsp3) is 0.182. The topological polar surface area (TPSA) is 115 Å². The van der Waals surface area contributed by atoms with Gasteiger partial charge >= 0.3 is 0 Å². The first-order valence-electron chi connectivity index (χ1n) is 5.33. The quantitative estimate of drug-likeness (QED) is 0.605. The van der Waals surface area contributed by atoms with Crippen LogP contribution in [0, 0.1) is 11.6 Å². The first kappa shape index (κ1) is 15.8. The van der Waals surface area contributed by atoms with E-state index in [1.54, 1.807) is 0 Å². The number of nitrogens with two attached hydrogens (primary N) is 3. The molecule has 0 heterocycles. The lowest BCUT2D eigenvalue weighted by atomic mass is 10.1. The van der Waals surface area contributed by atoms with Gasteiger partial charge in [-0.3, -0.25) is 9.59 Å². The summed E-state index contributed by atoms with van der Waals surface area (Å²) in [6.07, 6.45) is 0. The van der Waals surface area contributed by atoms with E-state index in [1.807, 2.05) is 0 Å². The highest BCUT2D eigenvalue weighted by Crippen LogP contribution is 2.24. The van der Waals surface area contributed by atoms with Crippen LogP contribution >= 0.6 is 12.2 Å². The molecular formula is C11H12F2N4O2S. The third-order valence-electron chi connectivity index (χ3n) is 2.36. The van der Waals surface area contributed by atoms with Gasteiger partial charge in [0.2, 0.25) is 11.8 Å². The van der Waals surface area contributed by atoms with Crippen LogP contribution < -0.4 is 22.1 Å². The number of primary amides is 2. The van der Waals surface area contributed by atoms with Crippen LogP contribution in [-0.4, -0.2) is 29.9 Å². The number of carbonyl (C=O) groups excluding carboxylic acids is 2. The molecule has 0 aliphatic rings. The second-order valence-corrected chi connectivity index (χ2v) is 4.35. The SMILES string of the molecule is NC(=O)CN(CC(N)=O)c1ccc(C(N)=S)c(F)c1F. The maximum Gasteiger partial charge on any atom is 0.236 e. The summed E-state index contributed by atoms with van der Waals surface area (Å²) in [6, 6.07) is 2.28. The van der Waals surface area contributed by atoms with Gasteiger partial charge in [-0.15, -0.1) is 0 Å². The number of hydrogen-bond acceptors (Lipinski definition) is 4. The molecule has 9 heteroatoms. The molecule has 2 amide bonds. The molecule has 0 atom stereocenters. The maximum atomic E-state index is 13.9. The Labute approximate surface area is 118 Å². The molecule has 0 bridgehead atoms. The number of anilines is 1. The van der Waals surface area contributed by atoms with Gasteiger partial charge in [-0.1, -0.05) is 12.2 Å². The van der Waals surface area contributed by atoms with Crippen molar-refractivity contribution < 1.29 is 18.4 Å². The van der Waals surface area contributed by atoms with Crippen LogP contribution in [0.2, 0.25) is 0 Å². The van der Waals surface area contributed by atoms with Crippen LogP contribution in [0.1, 0.15) is 5.56 Å². The van der Waals surface area contributed by atoms with Gasteiger partial charge in [0.25, 0.3) is 0 Å². The molecule has 0 aromatic heterocycles. The summed E-state index contributed by atoms with van der Waals surface area (Å²) in [6.45, 7) is -0.989. The van der Waals surface area contributed by atoms with E-state index in [0.29, 0.717) is 0 Å².